The Bertz CT molecular complexity index is 452. The van der Waals surface area contributed by atoms with Crippen LogP contribution in [-0.2, 0) is 0 Å². The average molecular weight is 227 g/mol. The third-order valence-corrected chi connectivity index (χ3v) is 3.60. The molecule has 1 heterocycles. The number of rotatable bonds is 2. The number of halogens is 1. The molecule has 0 spiro atoms. The van der Waals surface area contributed by atoms with Crippen molar-refractivity contribution in [2.24, 2.45) is 11.5 Å². The zero-order valence-corrected chi connectivity index (χ0v) is 9.11. The molecule has 0 saturated heterocycles. The van der Waals surface area contributed by atoms with Gasteiger partial charge in [-0.15, -0.1) is 11.3 Å². The van der Waals surface area contributed by atoms with Crippen LogP contribution in [0.3, 0.4) is 0 Å². The molecule has 0 saturated carbocycles. The highest BCUT2D eigenvalue weighted by Gasteiger charge is 2.08. The van der Waals surface area contributed by atoms with E-state index in [1.54, 1.807) is 11.3 Å². The molecule has 14 heavy (non-hydrogen) atoms. The van der Waals surface area contributed by atoms with Crippen molar-refractivity contribution in [3.05, 3.63) is 34.2 Å². The van der Waals surface area contributed by atoms with E-state index in [9.17, 15) is 0 Å². The molecule has 1 unspecified atom stereocenters. The molecule has 1 aromatic carbocycles. The van der Waals surface area contributed by atoms with Gasteiger partial charge in [-0.1, -0.05) is 11.6 Å². The van der Waals surface area contributed by atoms with Gasteiger partial charge in [0.1, 0.15) is 0 Å². The van der Waals surface area contributed by atoms with Gasteiger partial charge in [0, 0.05) is 21.1 Å². The molecule has 0 radical (unpaired) electrons. The van der Waals surface area contributed by atoms with Crippen LogP contribution in [0.1, 0.15) is 10.9 Å². The average Bonchev–Trinajstić information content (AvgIpc) is 2.59. The van der Waals surface area contributed by atoms with E-state index < -0.39 is 0 Å². The van der Waals surface area contributed by atoms with E-state index in [0.29, 0.717) is 6.54 Å². The second-order valence-electron chi connectivity index (χ2n) is 3.17. The van der Waals surface area contributed by atoms with Gasteiger partial charge in [-0.3, -0.25) is 0 Å². The molecule has 0 aliphatic carbocycles. The number of thiophene rings is 1. The summed E-state index contributed by atoms with van der Waals surface area (Å²) < 4.78 is 1.20. The lowest BCUT2D eigenvalue weighted by molar-refractivity contribution is 0.752. The predicted molar refractivity (Wildman–Crippen MR) is 62.8 cm³/mol. The highest BCUT2D eigenvalue weighted by Crippen LogP contribution is 2.30. The zero-order valence-electron chi connectivity index (χ0n) is 7.53. The lowest BCUT2D eigenvalue weighted by Crippen LogP contribution is -2.19. The topological polar surface area (TPSA) is 52.0 Å². The quantitative estimate of drug-likeness (QED) is 0.827. The third kappa shape index (κ3) is 1.77. The van der Waals surface area contributed by atoms with Gasteiger partial charge in [0.25, 0.3) is 0 Å². The molecule has 4 heteroatoms. The Hall–Kier alpha value is -0.610. The van der Waals surface area contributed by atoms with Crippen molar-refractivity contribution in [3.8, 4) is 0 Å². The van der Waals surface area contributed by atoms with E-state index in [1.165, 1.54) is 4.70 Å². The van der Waals surface area contributed by atoms with Gasteiger partial charge in [-0.25, -0.2) is 0 Å². The van der Waals surface area contributed by atoms with Crippen LogP contribution in [0.5, 0.6) is 0 Å². The zero-order chi connectivity index (χ0) is 10.1. The summed E-state index contributed by atoms with van der Waals surface area (Å²) in [5.41, 5.74) is 11.4. The Morgan fingerprint density at radius 2 is 2.14 bits per heavy atom. The molecular weight excluding hydrogens is 216 g/mol. The lowest BCUT2D eigenvalue weighted by atomic mass is 10.2. The van der Waals surface area contributed by atoms with Crippen molar-refractivity contribution in [2.45, 2.75) is 6.04 Å². The number of benzene rings is 1. The van der Waals surface area contributed by atoms with Crippen LogP contribution in [0.15, 0.2) is 24.3 Å². The molecule has 2 rings (SSSR count). The van der Waals surface area contributed by atoms with E-state index in [4.69, 9.17) is 23.1 Å². The largest absolute Gasteiger partial charge is 0.329 e. The van der Waals surface area contributed by atoms with Crippen molar-refractivity contribution in [3.63, 3.8) is 0 Å². The van der Waals surface area contributed by atoms with Gasteiger partial charge >= 0.3 is 0 Å². The Balaban J connectivity index is 2.51. The summed E-state index contributed by atoms with van der Waals surface area (Å²) in [6, 6.07) is 7.84. The molecule has 2 aromatic rings. The SMILES string of the molecule is NCC(N)c1cc2cc(Cl)ccc2s1. The minimum absolute atomic E-state index is 0.0637. The summed E-state index contributed by atoms with van der Waals surface area (Å²) in [6.45, 7) is 0.473. The predicted octanol–water partition coefficient (Wildman–Crippen LogP) is 2.51. The smallest absolute Gasteiger partial charge is 0.0514 e. The summed E-state index contributed by atoms with van der Waals surface area (Å²) in [5.74, 6) is 0. The molecule has 1 atom stereocenters. The minimum Gasteiger partial charge on any atom is -0.329 e. The summed E-state index contributed by atoms with van der Waals surface area (Å²) in [5, 5.41) is 1.89. The Kier molecular flexibility index (Phi) is 2.74. The van der Waals surface area contributed by atoms with Gasteiger partial charge < -0.3 is 11.5 Å². The van der Waals surface area contributed by atoms with Gasteiger partial charge in [0.05, 0.1) is 6.04 Å². The molecule has 0 bridgehead atoms. The first-order valence-corrected chi connectivity index (χ1v) is 5.55. The first kappa shape index (κ1) is 9.93. The van der Waals surface area contributed by atoms with Crippen LogP contribution in [0, 0.1) is 0 Å². The van der Waals surface area contributed by atoms with Gasteiger partial charge in [0.2, 0.25) is 0 Å². The first-order chi connectivity index (χ1) is 6.70. The molecule has 0 aliphatic heterocycles. The fraction of sp³-hybridized carbons (Fsp3) is 0.200. The maximum atomic E-state index is 5.89. The first-order valence-electron chi connectivity index (χ1n) is 4.35. The third-order valence-electron chi connectivity index (χ3n) is 2.12. The highest BCUT2D eigenvalue weighted by molar-refractivity contribution is 7.19. The molecular formula is C10H11ClN2S. The van der Waals surface area contributed by atoms with Crippen LogP contribution >= 0.6 is 22.9 Å². The minimum atomic E-state index is -0.0637. The maximum Gasteiger partial charge on any atom is 0.0514 e. The van der Waals surface area contributed by atoms with Gasteiger partial charge in [0.15, 0.2) is 0 Å². The number of nitrogens with two attached hydrogens (primary N) is 2. The summed E-state index contributed by atoms with van der Waals surface area (Å²) in [4.78, 5) is 1.12. The normalized spacial score (nSPS) is 13.4. The summed E-state index contributed by atoms with van der Waals surface area (Å²) in [6.07, 6.45) is 0. The fourth-order valence-corrected chi connectivity index (χ4v) is 2.57. The van der Waals surface area contributed by atoms with Crippen molar-refractivity contribution < 1.29 is 0 Å². The van der Waals surface area contributed by atoms with Crippen LogP contribution in [0.25, 0.3) is 10.1 Å². The second kappa shape index (κ2) is 3.87. The molecule has 1 aromatic heterocycles. The van der Waals surface area contributed by atoms with Crippen LogP contribution < -0.4 is 11.5 Å². The van der Waals surface area contributed by atoms with Crippen LogP contribution in [0.2, 0.25) is 5.02 Å². The second-order valence-corrected chi connectivity index (χ2v) is 4.72. The van der Waals surface area contributed by atoms with E-state index in [1.807, 2.05) is 18.2 Å². The Labute approximate surface area is 91.5 Å². The standard InChI is InChI=1S/C10H11ClN2S/c11-7-1-2-9-6(3-7)4-10(14-9)8(13)5-12/h1-4,8H,5,12-13H2. The van der Waals surface area contributed by atoms with Crippen molar-refractivity contribution in [2.75, 3.05) is 6.54 Å². The van der Waals surface area contributed by atoms with Crippen molar-refractivity contribution in [1.29, 1.82) is 0 Å². The Morgan fingerprint density at radius 1 is 1.36 bits per heavy atom. The number of fused-ring (bicyclic) bond motifs is 1. The molecule has 2 nitrogen and oxygen atoms in total. The molecule has 0 aliphatic rings. The molecule has 0 amide bonds. The highest BCUT2D eigenvalue weighted by atomic mass is 35.5. The fourth-order valence-electron chi connectivity index (χ4n) is 1.33. The summed E-state index contributed by atoms with van der Waals surface area (Å²) >= 11 is 7.57. The van der Waals surface area contributed by atoms with E-state index in [2.05, 4.69) is 6.07 Å². The monoisotopic (exact) mass is 226 g/mol. The van der Waals surface area contributed by atoms with Gasteiger partial charge in [-0.05, 0) is 29.7 Å². The Morgan fingerprint density at radius 3 is 2.86 bits per heavy atom. The van der Waals surface area contributed by atoms with Gasteiger partial charge in [-0.2, -0.15) is 0 Å². The van der Waals surface area contributed by atoms with E-state index in [-0.39, 0.29) is 6.04 Å². The lowest BCUT2D eigenvalue weighted by Gasteiger charge is -2.02. The molecule has 74 valence electrons. The molecule has 4 N–H and O–H groups in total. The van der Waals surface area contributed by atoms with Crippen molar-refractivity contribution in [1.82, 2.24) is 0 Å². The van der Waals surface area contributed by atoms with E-state index in [0.717, 1.165) is 15.3 Å². The van der Waals surface area contributed by atoms with Crippen molar-refractivity contribution >= 4 is 33.0 Å². The summed E-state index contributed by atoms with van der Waals surface area (Å²) in [7, 11) is 0. The maximum absolute atomic E-state index is 5.89. The van der Waals surface area contributed by atoms with Crippen LogP contribution in [0.4, 0.5) is 0 Å². The number of hydrogen-bond donors (Lipinski definition) is 2. The molecule has 0 fully saturated rings. The number of hydrogen-bond acceptors (Lipinski definition) is 3. The van der Waals surface area contributed by atoms with Crippen LogP contribution in [-0.4, -0.2) is 6.54 Å². The van der Waals surface area contributed by atoms with E-state index >= 15 is 0 Å².